The third-order valence-corrected chi connectivity index (χ3v) is 7.37. The number of aliphatic hydroxyl groups excluding tert-OH is 2. The van der Waals surface area contributed by atoms with Crippen LogP contribution in [0.25, 0.3) is 0 Å². The molecule has 0 saturated heterocycles. The Balaban J connectivity index is 1.51. The first-order valence-electron chi connectivity index (χ1n) is 12.7. The van der Waals surface area contributed by atoms with Gasteiger partial charge in [-0.2, -0.15) is 0 Å². The van der Waals surface area contributed by atoms with Crippen molar-refractivity contribution in [1.82, 2.24) is 0 Å². The van der Waals surface area contributed by atoms with Crippen LogP contribution in [0, 0.1) is 19.3 Å². The molecule has 0 radical (unpaired) electrons. The lowest BCUT2D eigenvalue weighted by atomic mass is 9.82. The summed E-state index contributed by atoms with van der Waals surface area (Å²) in [7, 11) is 0. The van der Waals surface area contributed by atoms with E-state index in [1.807, 2.05) is 76.2 Å². The van der Waals surface area contributed by atoms with Gasteiger partial charge in [-0.15, -0.1) is 0 Å². The van der Waals surface area contributed by atoms with E-state index in [4.69, 9.17) is 14.6 Å². The minimum atomic E-state index is -0.891. The molecule has 198 valence electrons. The van der Waals surface area contributed by atoms with Crippen LogP contribution in [-0.4, -0.2) is 41.9 Å². The third kappa shape index (κ3) is 8.92. The number of hydrogen-bond donors (Lipinski definition) is 2. The molecule has 0 heterocycles. The first kappa shape index (κ1) is 28.8. The fraction of sp³-hybridized carbons (Fsp3) is 0.387. The van der Waals surface area contributed by atoms with Gasteiger partial charge in [-0.25, -0.2) is 0 Å². The van der Waals surface area contributed by atoms with Gasteiger partial charge in [0.2, 0.25) is 0 Å². The van der Waals surface area contributed by atoms with Crippen molar-refractivity contribution >= 4 is 17.5 Å². The Hall–Kier alpha value is -2.80. The molecule has 3 aromatic carbocycles. The van der Waals surface area contributed by atoms with E-state index < -0.39 is 11.5 Å². The molecule has 0 aromatic heterocycles. The molecule has 1 atom stereocenters. The molecule has 1 unspecified atom stereocenters. The highest BCUT2D eigenvalue weighted by Gasteiger charge is 2.27. The molecule has 2 N–H and O–H groups in total. The van der Waals surface area contributed by atoms with E-state index in [-0.39, 0.29) is 25.6 Å². The van der Waals surface area contributed by atoms with Crippen LogP contribution >= 0.6 is 11.8 Å². The van der Waals surface area contributed by atoms with Crippen molar-refractivity contribution < 1.29 is 24.5 Å². The van der Waals surface area contributed by atoms with E-state index >= 15 is 0 Å². The maximum atomic E-state index is 12.9. The highest BCUT2D eigenvalue weighted by atomic mass is 32.2. The maximum Gasteiger partial charge on any atom is 0.175 e. The largest absolute Gasteiger partial charge is 0.491 e. The summed E-state index contributed by atoms with van der Waals surface area (Å²) < 4.78 is 11.5. The second-order valence-corrected chi connectivity index (χ2v) is 11.2. The normalized spacial score (nSPS) is 12.3. The third-order valence-electron chi connectivity index (χ3n) is 6.39. The molecule has 6 heteroatoms. The van der Waals surface area contributed by atoms with Gasteiger partial charge >= 0.3 is 0 Å². The van der Waals surface area contributed by atoms with Crippen LogP contribution in [-0.2, 0) is 11.2 Å². The topological polar surface area (TPSA) is 76.0 Å². The fourth-order valence-electron chi connectivity index (χ4n) is 3.93. The summed E-state index contributed by atoms with van der Waals surface area (Å²) in [4.78, 5) is 15.0. The van der Waals surface area contributed by atoms with Crippen LogP contribution in [0.1, 0.15) is 43.4 Å². The van der Waals surface area contributed by atoms with Crippen molar-refractivity contribution in [3.8, 4) is 11.5 Å². The van der Waals surface area contributed by atoms with Crippen molar-refractivity contribution in [3.05, 3.63) is 83.4 Å². The van der Waals surface area contributed by atoms with E-state index in [1.54, 1.807) is 11.8 Å². The number of rotatable bonds is 14. The standard InChI is InChI=1S/C31H38O5S/c1-22-17-26(12-14-28(22)35-20-25(33)19-32)37-27-13-15-29(23(2)18-27)36-21-30(34)31(3,4)16-8-11-24-9-6-5-7-10-24/h5-7,9-10,12-15,17-18,25,32-33H,8,11,16,19-21H2,1-4H3. The molecule has 3 rings (SSSR count). The molecule has 3 aromatic rings. The quantitative estimate of drug-likeness (QED) is 0.263. The van der Waals surface area contributed by atoms with Gasteiger partial charge in [-0.05, 0) is 86.2 Å². The summed E-state index contributed by atoms with van der Waals surface area (Å²) in [5, 5.41) is 18.4. The fourth-order valence-corrected chi connectivity index (χ4v) is 4.94. The molecule has 0 aliphatic rings. The molecular weight excluding hydrogens is 484 g/mol. The zero-order valence-electron chi connectivity index (χ0n) is 22.2. The number of carbonyl (C=O) groups excluding carboxylic acids is 1. The Kier molecular flexibility index (Phi) is 10.6. The molecular formula is C31H38O5S. The average Bonchev–Trinajstić information content (AvgIpc) is 2.88. The lowest BCUT2D eigenvalue weighted by Gasteiger charge is -2.23. The first-order chi connectivity index (χ1) is 17.7. The number of hydrogen-bond acceptors (Lipinski definition) is 6. The van der Waals surface area contributed by atoms with Crippen LogP contribution in [0.3, 0.4) is 0 Å². The Labute approximate surface area is 224 Å². The molecule has 0 aliphatic carbocycles. The van der Waals surface area contributed by atoms with Crippen molar-refractivity contribution in [2.45, 2.75) is 62.9 Å². The minimum Gasteiger partial charge on any atom is -0.491 e. The predicted molar refractivity (Wildman–Crippen MR) is 149 cm³/mol. The number of carbonyl (C=O) groups is 1. The van der Waals surface area contributed by atoms with Crippen LogP contribution in [0.15, 0.2) is 76.5 Å². The van der Waals surface area contributed by atoms with Crippen LogP contribution in [0.4, 0.5) is 0 Å². The van der Waals surface area contributed by atoms with E-state index in [9.17, 15) is 9.90 Å². The lowest BCUT2D eigenvalue weighted by molar-refractivity contribution is -0.129. The summed E-state index contributed by atoms with van der Waals surface area (Å²) in [6, 6.07) is 22.2. The summed E-state index contributed by atoms with van der Waals surface area (Å²) in [6.45, 7) is 7.74. The molecule has 0 aliphatic heterocycles. The number of aryl methyl sites for hydroxylation is 3. The number of Topliss-reactive ketones (excluding diaryl/α,β-unsaturated/α-hetero) is 1. The SMILES string of the molecule is Cc1cc(Sc2ccc(OCC(O)CO)c(C)c2)ccc1OCC(=O)C(C)(C)CCCc1ccccc1. The second kappa shape index (κ2) is 13.7. The van der Waals surface area contributed by atoms with Crippen molar-refractivity contribution in [3.63, 3.8) is 0 Å². The Morgan fingerprint density at radius 3 is 2.08 bits per heavy atom. The van der Waals surface area contributed by atoms with E-state index in [2.05, 4.69) is 18.2 Å². The Morgan fingerprint density at radius 2 is 1.51 bits per heavy atom. The molecule has 0 fully saturated rings. The number of benzene rings is 3. The minimum absolute atomic E-state index is 0.0534. The number of ketones is 1. The van der Waals surface area contributed by atoms with Crippen molar-refractivity contribution in [1.29, 1.82) is 0 Å². The molecule has 0 spiro atoms. The van der Waals surface area contributed by atoms with Crippen LogP contribution < -0.4 is 9.47 Å². The monoisotopic (exact) mass is 522 g/mol. The van der Waals surface area contributed by atoms with E-state index in [0.29, 0.717) is 5.75 Å². The second-order valence-electron chi connectivity index (χ2n) is 10.0. The summed E-state index contributed by atoms with van der Waals surface area (Å²) in [6.07, 6.45) is 1.87. The zero-order chi connectivity index (χ0) is 26.8. The highest BCUT2D eigenvalue weighted by Crippen LogP contribution is 2.34. The van der Waals surface area contributed by atoms with Crippen molar-refractivity contribution in [2.24, 2.45) is 5.41 Å². The first-order valence-corrected chi connectivity index (χ1v) is 13.5. The van der Waals surface area contributed by atoms with E-state index in [1.165, 1.54) is 5.56 Å². The molecule has 0 bridgehead atoms. The van der Waals surface area contributed by atoms with Crippen molar-refractivity contribution in [2.75, 3.05) is 19.8 Å². The summed E-state index contributed by atoms with van der Waals surface area (Å²) in [5.41, 5.74) is 2.81. The van der Waals surface area contributed by atoms with Gasteiger partial charge in [0, 0.05) is 15.2 Å². The Bertz CT molecular complexity index is 1160. The van der Waals surface area contributed by atoms with Gasteiger partial charge in [0.05, 0.1) is 6.61 Å². The van der Waals surface area contributed by atoms with Crippen LogP contribution in [0.5, 0.6) is 11.5 Å². The predicted octanol–water partition coefficient (Wildman–Crippen LogP) is 6.18. The molecule has 0 amide bonds. The average molecular weight is 523 g/mol. The van der Waals surface area contributed by atoms with Gasteiger partial charge in [0.1, 0.15) is 30.8 Å². The van der Waals surface area contributed by atoms with Gasteiger partial charge in [0.25, 0.3) is 0 Å². The lowest BCUT2D eigenvalue weighted by Crippen LogP contribution is -2.29. The number of ether oxygens (including phenoxy) is 2. The smallest absolute Gasteiger partial charge is 0.175 e. The van der Waals surface area contributed by atoms with Crippen LogP contribution in [0.2, 0.25) is 0 Å². The van der Waals surface area contributed by atoms with Gasteiger partial charge in [-0.3, -0.25) is 4.79 Å². The maximum absolute atomic E-state index is 12.9. The zero-order valence-corrected chi connectivity index (χ0v) is 23.0. The number of aliphatic hydroxyl groups is 2. The molecule has 5 nitrogen and oxygen atoms in total. The highest BCUT2D eigenvalue weighted by molar-refractivity contribution is 7.99. The molecule has 0 saturated carbocycles. The Morgan fingerprint density at radius 1 is 0.919 bits per heavy atom. The van der Waals surface area contributed by atoms with Gasteiger partial charge in [0.15, 0.2) is 5.78 Å². The van der Waals surface area contributed by atoms with Gasteiger partial charge in [-0.1, -0.05) is 55.9 Å². The van der Waals surface area contributed by atoms with Gasteiger partial charge < -0.3 is 19.7 Å². The summed E-state index contributed by atoms with van der Waals surface area (Å²) >= 11 is 1.63. The molecule has 37 heavy (non-hydrogen) atoms. The summed E-state index contributed by atoms with van der Waals surface area (Å²) in [5.74, 6) is 1.52. The van der Waals surface area contributed by atoms with E-state index in [0.717, 1.165) is 45.9 Å².